The number of phenolic OH excluding ortho intramolecular Hbond substituents is 2. The summed E-state index contributed by atoms with van der Waals surface area (Å²) in [4.78, 5) is 25.5. The van der Waals surface area contributed by atoms with Gasteiger partial charge in [0.15, 0.2) is 17.8 Å². The molecule has 3 rings (SSSR count). The van der Waals surface area contributed by atoms with E-state index in [2.05, 4.69) is 0 Å². The summed E-state index contributed by atoms with van der Waals surface area (Å²) in [6.07, 6.45) is -7.60. The van der Waals surface area contributed by atoms with Crippen LogP contribution in [0.25, 0.3) is 0 Å². The van der Waals surface area contributed by atoms with Crippen molar-refractivity contribution in [3.8, 4) is 11.5 Å². The zero-order valence-electron chi connectivity index (χ0n) is 22.8. The molecule has 0 unspecified atom stereocenters. The lowest BCUT2D eigenvalue weighted by atomic mass is 9.86. The first-order valence-electron chi connectivity index (χ1n) is 12.9. The molecule has 41 heavy (non-hydrogen) atoms. The molecule has 6 N–H and O–H groups in total. The number of hydrogen-bond acceptors (Lipinski definition) is 14. The summed E-state index contributed by atoms with van der Waals surface area (Å²) in [6, 6.07) is 4.08. The number of allylic oxidation sites excluding steroid dienone is 1. The first kappa shape index (κ1) is 32.3. The highest BCUT2D eigenvalue weighted by Gasteiger charge is 2.47. The number of benzene rings is 1. The van der Waals surface area contributed by atoms with Gasteiger partial charge in [0.05, 0.1) is 32.0 Å². The molecular formula is C27H36O14. The van der Waals surface area contributed by atoms with Crippen molar-refractivity contribution in [1.82, 2.24) is 0 Å². The Morgan fingerprint density at radius 2 is 1.83 bits per heavy atom. The maximum Gasteiger partial charge on any atom is 0.337 e. The number of aliphatic hydroxyl groups is 4. The zero-order valence-corrected chi connectivity index (χ0v) is 22.8. The molecule has 1 aromatic rings. The van der Waals surface area contributed by atoms with Gasteiger partial charge < -0.3 is 59.1 Å². The Morgan fingerprint density at radius 3 is 2.44 bits per heavy atom. The van der Waals surface area contributed by atoms with Gasteiger partial charge in [-0.05, 0) is 31.5 Å². The monoisotopic (exact) mass is 584 g/mol. The average Bonchev–Trinajstić information content (AvgIpc) is 2.96. The molecule has 228 valence electrons. The predicted molar refractivity (Wildman–Crippen MR) is 137 cm³/mol. The van der Waals surface area contributed by atoms with Crippen LogP contribution < -0.4 is 0 Å². The summed E-state index contributed by atoms with van der Waals surface area (Å²) < 4.78 is 32.6. The van der Waals surface area contributed by atoms with Gasteiger partial charge in [0.1, 0.15) is 37.1 Å². The fourth-order valence-electron chi connectivity index (χ4n) is 4.50. The first-order valence-corrected chi connectivity index (χ1v) is 12.9. The summed E-state index contributed by atoms with van der Waals surface area (Å²) >= 11 is 0. The number of carbonyl (C=O) groups excluding carboxylic acids is 2. The topological polar surface area (TPSA) is 211 Å². The molecule has 2 heterocycles. The van der Waals surface area contributed by atoms with E-state index in [9.17, 15) is 40.2 Å². The van der Waals surface area contributed by atoms with Crippen LogP contribution >= 0.6 is 0 Å². The van der Waals surface area contributed by atoms with E-state index >= 15 is 0 Å². The van der Waals surface area contributed by atoms with E-state index in [1.807, 2.05) is 0 Å². The number of ether oxygens (including phenoxy) is 6. The molecular weight excluding hydrogens is 548 g/mol. The van der Waals surface area contributed by atoms with Crippen LogP contribution in [0.1, 0.15) is 31.9 Å². The van der Waals surface area contributed by atoms with Crippen LogP contribution in [-0.2, 0) is 38.0 Å². The lowest BCUT2D eigenvalue weighted by molar-refractivity contribution is -0.327. The molecule has 8 atom stereocenters. The molecule has 1 saturated heterocycles. The maximum absolute atomic E-state index is 13.0. The van der Waals surface area contributed by atoms with Crippen LogP contribution in [0.5, 0.6) is 11.5 Å². The van der Waals surface area contributed by atoms with Crippen LogP contribution in [0.4, 0.5) is 0 Å². The van der Waals surface area contributed by atoms with Gasteiger partial charge in [-0.25, -0.2) is 4.79 Å². The van der Waals surface area contributed by atoms with Crippen molar-refractivity contribution in [2.45, 2.75) is 63.4 Å². The number of hydrogen-bond donors (Lipinski definition) is 6. The standard InChI is InChI=1S/C27H36O14/c1-4-14-15(9-21(31)38-12-20(37-5-2)13-6-7-17(29)18(30)8-13)16(25(35)36-3)11-39-26(14)41-27-24(34)23(33)22(32)19(10-28)40-27/h4,6-8,11,15,19-20,22-24,26-30,32-34H,5,9-10,12H2,1-3H3/t15-,19-,20+,22+,23-,24+,26-,27-/m0/s1. The smallest absolute Gasteiger partial charge is 0.337 e. The summed E-state index contributed by atoms with van der Waals surface area (Å²) in [5, 5.41) is 59.4. The minimum atomic E-state index is -1.71. The Balaban J connectivity index is 1.76. The highest BCUT2D eigenvalue weighted by atomic mass is 16.8. The van der Waals surface area contributed by atoms with Crippen LogP contribution in [-0.4, -0.2) is 107 Å². The van der Waals surface area contributed by atoms with Gasteiger partial charge in [0.25, 0.3) is 0 Å². The van der Waals surface area contributed by atoms with Gasteiger partial charge in [-0.1, -0.05) is 12.1 Å². The normalized spacial score (nSPS) is 29.8. The SMILES string of the molecule is CC=C1[C@H](O[C@@H]2O[C@@H](CO)[C@@H](O)[C@H](O)[C@H]2O)OC=C(C(=O)OC)[C@H]1CC(=O)OC[C@@H](OCC)c1ccc(O)c(O)c1. The lowest BCUT2D eigenvalue weighted by Crippen LogP contribution is -2.60. The Hall–Kier alpha value is -3.24. The molecule has 14 heteroatoms. The number of esters is 2. The Bertz CT molecular complexity index is 1120. The molecule has 2 aliphatic rings. The fourth-order valence-corrected chi connectivity index (χ4v) is 4.50. The summed E-state index contributed by atoms with van der Waals surface area (Å²) in [7, 11) is 1.16. The van der Waals surface area contributed by atoms with Crippen LogP contribution in [0.15, 0.2) is 41.7 Å². The quantitative estimate of drug-likeness (QED) is 0.114. The molecule has 1 fully saturated rings. The maximum atomic E-state index is 13.0. The Morgan fingerprint density at radius 1 is 1.10 bits per heavy atom. The molecule has 0 radical (unpaired) electrons. The molecule has 14 nitrogen and oxygen atoms in total. The number of aromatic hydroxyl groups is 2. The predicted octanol–water partition coefficient (Wildman–Crippen LogP) is -0.0991. The van der Waals surface area contributed by atoms with Crippen molar-refractivity contribution in [2.75, 3.05) is 26.9 Å². The number of rotatable bonds is 11. The molecule has 0 saturated carbocycles. The number of methoxy groups -OCH3 is 1. The minimum Gasteiger partial charge on any atom is -0.504 e. The van der Waals surface area contributed by atoms with Crippen molar-refractivity contribution in [3.05, 3.63) is 47.2 Å². The van der Waals surface area contributed by atoms with Crippen molar-refractivity contribution in [2.24, 2.45) is 5.92 Å². The van der Waals surface area contributed by atoms with Crippen LogP contribution in [0.2, 0.25) is 0 Å². The van der Waals surface area contributed by atoms with Crippen molar-refractivity contribution >= 4 is 11.9 Å². The van der Waals surface area contributed by atoms with Crippen molar-refractivity contribution < 1.29 is 68.6 Å². The van der Waals surface area contributed by atoms with Gasteiger partial charge in [-0.2, -0.15) is 0 Å². The van der Waals surface area contributed by atoms with E-state index in [1.54, 1.807) is 13.8 Å². The van der Waals surface area contributed by atoms with Gasteiger partial charge in [-0.3, -0.25) is 4.79 Å². The average molecular weight is 585 g/mol. The first-order chi connectivity index (χ1) is 19.6. The minimum absolute atomic E-state index is 0.0176. The van der Waals surface area contributed by atoms with E-state index in [4.69, 9.17) is 28.4 Å². The fraction of sp³-hybridized carbons (Fsp3) is 0.556. The zero-order chi connectivity index (χ0) is 30.3. The molecule has 1 aromatic carbocycles. The summed E-state index contributed by atoms with van der Waals surface area (Å²) in [5.74, 6) is -3.14. The Labute approximate surface area is 235 Å². The molecule has 0 aliphatic carbocycles. The second-order valence-corrected chi connectivity index (χ2v) is 9.29. The highest BCUT2D eigenvalue weighted by Crippen LogP contribution is 2.36. The lowest BCUT2D eigenvalue weighted by Gasteiger charge is -2.41. The number of phenols is 2. The van der Waals surface area contributed by atoms with Gasteiger partial charge in [0.2, 0.25) is 6.29 Å². The van der Waals surface area contributed by atoms with E-state index in [1.165, 1.54) is 24.3 Å². The van der Waals surface area contributed by atoms with E-state index in [0.717, 1.165) is 13.4 Å². The third-order valence-corrected chi connectivity index (χ3v) is 6.73. The second-order valence-electron chi connectivity index (χ2n) is 9.29. The van der Waals surface area contributed by atoms with Crippen LogP contribution in [0.3, 0.4) is 0 Å². The van der Waals surface area contributed by atoms with Gasteiger partial charge in [-0.15, -0.1) is 0 Å². The number of aliphatic hydroxyl groups excluding tert-OH is 4. The molecule has 0 bridgehead atoms. The Kier molecular flexibility index (Phi) is 11.5. The highest BCUT2D eigenvalue weighted by molar-refractivity contribution is 5.90. The summed E-state index contributed by atoms with van der Waals surface area (Å²) in [5.41, 5.74) is 0.709. The van der Waals surface area contributed by atoms with E-state index in [-0.39, 0.29) is 42.3 Å². The molecule has 0 spiro atoms. The largest absolute Gasteiger partial charge is 0.504 e. The van der Waals surface area contributed by atoms with Crippen molar-refractivity contribution in [3.63, 3.8) is 0 Å². The van der Waals surface area contributed by atoms with E-state index in [0.29, 0.717) is 5.56 Å². The van der Waals surface area contributed by atoms with Crippen LogP contribution in [0, 0.1) is 5.92 Å². The van der Waals surface area contributed by atoms with E-state index < -0.39 is 67.6 Å². The third-order valence-electron chi connectivity index (χ3n) is 6.73. The third kappa shape index (κ3) is 7.54. The second kappa shape index (κ2) is 14.6. The van der Waals surface area contributed by atoms with Gasteiger partial charge >= 0.3 is 11.9 Å². The molecule has 2 aliphatic heterocycles. The molecule has 0 amide bonds. The summed E-state index contributed by atoms with van der Waals surface area (Å²) in [6.45, 7) is 2.69. The van der Waals surface area contributed by atoms with Crippen molar-refractivity contribution in [1.29, 1.82) is 0 Å². The van der Waals surface area contributed by atoms with Gasteiger partial charge in [0, 0.05) is 18.1 Å². The molecule has 0 aromatic heterocycles. The number of carbonyl (C=O) groups is 2.